The number of rotatable bonds is 5. The van der Waals surface area contributed by atoms with E-state index in [0.717, 1.165) is 5.56 Å². The van der Waals surface area contributed by atoms with Crippen LogP contribution in [0.3, 0.4) is 0 Å². The van der Waals surface area contributed by atoms with Crippen LogP contribution in [0.2, 0.25) is 5.02 Å². The van der Waals surface area contributed by atoms with E-state index in [-0.39, 0.29) is 12.5 Å². The molecule has 0 aliphatic rings. The van der Waals surface area contributed by atoms with Crippen molar-refractivity contribution in [3.05, 3.63) is 59.1 Å². The van der Waals surface area contributed by atoms with E-state index in [1.54, 1.807) is 45.2 Å². The number of hydrogen-bond acceptors (Lipinski definition) is 3. The topological polar surface area (TPSA) is 47.6 Å². The average molecular weight is 358 g/mol. The number of halogens is 1. The molecule has 0 atom stereocenters. The quantitative estimate of drug-likeness (QED) is 0.830. The third kappa shape index (κ3) is 5.44. The van der Waals surface area contributed by atoms with Crippen LogP contribution in [0.15, 0.2) is 48.5 Å². The van der Waals surface area contributed by atoms with Gasteiger partial charge in [-0.25, -0.2) is 0 Å². The second-order valence-electron chi connectivity index (χ2n) is 5.75. The Kier molecular flexibility index (Phi) is 6.32. The van der Waals surface area contributed by atoms with Crippen molar-refractivity contribution in [1.82, 2.24) is 5.32 Å². The van der Waals surface area contributed by atoms with Gasteiger partial charge in [-0.05, 0) is 50.2 Å². The van der Waals surface area contributed by atoms with Gasteiger partial charge in [-0.15, -0.1) is 0 Å². The summed E-state index contributed by atoms with van der Waals surface area (Å²) in [6, 6.07) is 14.3. The van der Waals surface area contributed by atoms with E-state index in [2.05, 4.69) is 17.2 Å². The van der Waals surface area contributed by atoms with Crippen LogP contribution >= 0.6 is 11.6 Å². The van der Waals surface area contributed by atoms with Crippen molar-refractivity contribution in [2.45, 2.75) is 19.4 Å². The Morgan fingerprint density at radius 1 is 1.16 bits per heavy atom. The zero-order valence-corrected chi connectivity index (χ0v) is 15.2. The molecular weight excluding hydrogens is 338 g/mol. The maximum atomic E-state index is 12.3. The van der Waals surface area contributed by atoms with Gasteiger partial charge < -0.3 is 14.8 Å². The van der Waals surface area contributed by atoms with E-state index in [0.29, 0.717) is 16.5 Å². The SMILES string of the molecule is COc1ccccc1C#CCNC(=O)C(C)(C)Oc1ccc(Cl)cc1. The number of nitrogens with one attached hydrogen (secondary N) is 1. The van der Waals surface area contributed by atoms with Crippen LogP contribution in [0.4, 0.5) is 0 Å². The fraction of sp³-hybridized carbons (Fsp3) is 0.250. The first kappa shape index (κ1) is 18.7. The van der Waals surface area contributed by atoms with Crippen molar-refractivity contribution in [3.63, 3.8) is 0 Å². The fourth-order valence-corrected chi connectivity index (χ4v) is 2.19. The summed E-state index contributed by atoms with van der Waals surface area (Å²) in [6.07, 6.45) is 0. The van der Waals surface area contributed by atoms with Gasteiger partial charge in [-0.3, -0.25) is 4.79 Å². The number of para-hydroxylation sites is 1. The van der Waals surface area contributed by atoms with Crippen LogP contribution in [0.5, 0.6) is 11.5 Å². The molecule has 0 aliphatic heterocycles. The molecule has 0 heterocycles. The van der Waals surface area contributed by atoms with Gasteiger partial charge in [-0.1, -0.05) is 35.6 Å². The Bertz CT molecular complexity index is 789. The zero-order valence-electron chi connectivity index (χ0n) is 14.4. The molecule has 0 unspecified atom stereocenters. The molecule has 2 rings (SSSR count). The molecule has 130 valence electrons. The summed E-state index contributed by atoms with van der Waals surface area (Å²) < 4.78 is 11.0. The molecule has 0 saturated carbocycles. The normalized spacial score (nSPS) is 10.4. The standard InChI is InChI=1S/C20H20ClNO3/c1-20(2,25-17-12-10-16(21)11-13-17)19(23)22-14-6-8-15-7-4-5-9-18(15)24-3/h4-5,7,9-13H,14H2,1-3H3,(H,22,23). The minimum absolute atomic E-state index is 0.213. The van der Waals surface area contributed by atoms with Crippen LogP contribution in [0, 0.1) is 11.8 Å². The van der Waals surface area contributed by atoms with Gasteiger partial charge in [0, 0.05) is 5.02 Å². The van der Waals surface area contributed by atoms with E-state index in [1.165, 1.54) is 0 Å². The molecular formula is C20H20ClNO3. The molecule has 0 radical (unpaired) electrons. The van der Waals surface area contributed by atoms with Crippen molar-refractivity contribution in [3.8, 4) is 23.3 Å². The predicted molar refractivity (Wildman–Crippen MR) is 99.0 cm³/mol. The number of amides is 1. The third-order valence-electron chi connectivity index (χ3n) is 3.40. The van der Waals surface area contributed by atoms with Crippen molar-refractivity contribution in [2.24, 2.45) is 0 Å². The molecule has 25 heavy (non-hydrogen) atoms. The van der Waals surface area contributed by atoms with Crippen molar-refractivity contribution in [1.29, 1.82) is 0 Å². The fourth-order valence-electron chi connectivity index (χ4n) is 2.07. The van der Waals surface area contributed by atoms with Crippen LogP contribution in [-0.2, 0) is 4.79 Å². The minimum Gasteiger partial charge on any atom is -0.495 e. The summed E-state index contributed by atoms with van der Waals surface area (Å²) >= 11 is 5.84. The maximum absolute atomic E-state index is 12.3. The van der Waals surface area contributed by atoms with Crippen molar-refractivity contribution >= 4 is 17.5 Å². The monoisotopic (exact) mass is 357 g/mol. The molecule has 2 aromatic carbocycles. The highest BCUT2D eigenvalue weighted by molar-refractivity contribution is 6.30. The first-order valence-corrected chi connectivity index (χ1v) is 8.15. The Labute approximate surface area is 153 Å². The van der Waals surface area contributed by atoms with E-state index < -0.39 is 5.60 Å². The van der Waals surface area contributed by atoms with E-state index in [9.17, 15) is 4.79 Å². The highest BCUT2D eigenvalue weighted by Crippen LogP contribution is 2.21. The number of ether oxygens (including phenoxy) is 2. The number of benzene rings is 2. The Balaban J connectivity index is 1.93. The van der Waals surface area contributed by atoms with E-state index in [4.69, 9.17) is 21.1 Å². The van der Waals surface area contributed by atoms with E-state index >= 15 is 0 Å². The van der Waals surface area contributed by atoms with Gasteiger partial charge in [0.1, 0.15) is 11.5 Å². The van der Waals surface area contributed by atoms with E-state index in [1.807, 2.05) is 24.3 Å². The van der Waals surface area contributed by atoms with Crippen LogP contribution in [0.25, 0.3) is 0 Å². The molecule has 0 aromatic heterocycles. The molecule has 1 N–H and O–H groups in total. The summed E-state index contributed by atoms with van der Waals surface area (Å²) in [4.78, 5) is 12.3. The predicted octanol–water partition coefficient (Wildman–Crippen LogP) is 3.67. The first-order chi connectivity index (χ1) is 11.9. The Morgan fingerprint density at radius 3 is 2.52 bits per heavy atom. The maximum Gasteiger partial charge on any atom is 0.264 e. The van der Waals surface area contributed by atoms with Crippen molar-refractivity contribution < 1.29 is 14.3 Å². The number of carbonyl (C=O) groups excluding carboxylic acids is 1. The highest BCUT2D eigenvalue weighted by atomic mass is 35.5. The summed E-state index contributed by atoms with van der Waals surface area (Å²) in [6.45, 7) is 3.61. The largest absolute Gasteiger partial charge is 0.495 e. The molecule has 0 saturated heterocycles. The molecule has 0 bridgehead atoms. The van der Waals surface area contributed by atoms with Gasteiger partial charge in [-0.2, -0.15) is 0 Å². The molecule has 0 spiro atoms. The van der Waals surface area contributed by atoms with Crippen LogP contribution in [-0.4, -0.2) is 25.2 Å². The second kappa shape index (κ2) is 8.46. The average Bonchev–Trinajstić information content (AvgIpc) is 2.60. The smallest absolute Gasteiger partial charge is 0.264 e. The third-order valence-corrected chi connectivity index (χ3v) is 3.65. The summed E-state index contributed by atoms with van der Waals surface area (Å²) in [5, 5.41) is 3.37. The van der Waals surface area contributed by atoms with Gasteiger partial charge in [0.2, 0.25) is 0 Å². The Hall–Kier alpha value is -2.64. The highest BCUT2D eigenvalue weighted by Gasteiger charge is 2.29. The second-order valence-corrected chi connectivity index (χ2v) is 6.19. The summed E-state index contributed by atoms with van der Waals surface area (Å²) in [5.74, 6) is 6.92. The number of carbonyl (C=O) groups is 1. The van der Waals surface area contributed by atoms with Gasteiger partial charge in [0.25, 0.3) is 5.91 Å². The number of hydrogen-bond donors (Lipinski definition) is 1. The first-order valence-electron chi connectivity index (χ1n) is 7.77. The molecule has 4 nitrogen and oxygen atoms in total. The summed E-state index contributed by atoms with van der Waals surface area (Å²) in [5.41, 5.74) is -0.254. The summed E-state index contributed by atoms with van der Waals surface area (Å²) in [7, 11) is 1.60. The van der Waals surface area contributed by atoms with Gasteiger partial charge in [0.05, 0.1) is 19.2 Å². The van der Waals surface area contributed by atoms with Crippen LogP contribution < -0.4 is 14.8 Å². The van der Waals surface area contributed by atoms with Crippen LogP contribution in [0.1, 0.15) is 19.4 Å². The Morgan fingerprint density at radius 2 is 1.84 bits per heavy atom. The number of methoxy groups -OCH3 is 1. The lowest BCUT2D eigenvalue weighted by atomic mass is 10.1. The lowest BCUT2D eigenvalue weighted by Gasteiger charge is -2.24. The van der Waals surface area contributed by atoms with Gasteiger partial charge >= 0.3 is 0 Å². The molecule has 1 amide bonds. The molecule has 2 aromatic rings. The molecule has 0 aliphatic carbocycles. The minimum atomic E-state index is -1.03. The lowest BCUT2D eigenvalue weighted by molar-refractivity contribution is -0.133. The van der Waals surface area contributed by atoms with Crippen molar-refractivity contribution in [2.75, 3.05) is 13.7 Å². The zero-order chi connectivity index (χ0) is 18.3. The molecule has 5 heteroatoms. The lowest BCUT2D eigenvalue weighted by Crippen LogP contribution is -2.46. The molecule has 0 fully saturated rings. The van der Waals surface area contributed by atoms with Gasteiger partial charge in [0.15, 0.2) is 5.60 Å².